The van der Waals surface area contributed by atoms with Crippen LogP contribution >= 0.6 is 0 Å². The Morgan fingerprint density at radius 3 is 2.73 bits per heavy atom. The first-order valence-corrected chi connectivity index (χ1v) is 7.61. The van der Waals surface area contributed by atoms with E-state index in [1.807, 2.05) is 30.5 Å². The predicted octanol–water partition coefficient (Wildman–Crippen LogP) is 3.04. The van der Waals surface area contributed by atoms with Gasteiger partial charge in [0.1, 0.15) is 5.75 Å². The Morgan fingerprint density at radius 1 is 1.27 bits per heavy atom. The Kier molecular flexibility index (Phi) is 5.72. The average molecular weight is 300 g/mol. The molecule has 0 amide bonds. The molecule has 1 heterocycles. The van der Waals surface area contributed by atoms with E-state index in [1.165, 1.54) is 0 Å². The van der Waals surface area contributed by atoms with E-state index >= 15 is 0 Å². The number of aromatic nitrogens is 2. The lowest BCUT2D eigenvalue weighted by molar-refractivity contribution is 0.416. The molecule has 0 aliphatic rings. The summed E-state index contributed by atoms with van der Waals surface area (Å²) in [5.41, 5.74) is 8.42. The van der Waals surface area contributed by atoms with E-state index in [0.717, 1.165) is 35.7 Å². The lowest BCUT2D eigenvalue weighted by atomic mass is 10.1. The maximum Gasteiger partial charge on any atom is 0.163 e. The molecule has 0 aliphatic heterocycles. The largest absolute Gasteiger partial charge is 0.496 e. The highest BCUT2D eigenvalue weighted by Gasteiger charge is 2.14. The van der Waals surface area contributed by atoms with Crippen LogP contribution in [0.25, 0.3) is 11.4 Å². The van der Waals surface area contributed by atoms with Crippen molar-refractivity contribution in [3.05, 3.63) is 36.2 Å². The van der Waals surface area contributed by atoms with Crippen LogP contribution in [0.5, 0.6) is 5.75 Å². The smallest absolute Gasteiger partial charge is 0.163 e. The lowest BCUT2D eigenvalue weighted by Crippen LogP contribution is -2.12. The number of anilines is 1. The minimum Gasteiger partial charge on any atom is -0.496 e. The van der Waals surface area contributed by atoms with Crippen LogP contribution in [0.3, 0.4) is 0 Å². The van der Waals surface area contributed by atoms with E-state index in [4.69, 9.17) is 15.5 Å². The second-order valence-electron chi connectivity index (χ2n) is 5.42. The van der Waals surface area contributed by atoms with Gasteiger partial charge in [-0.05, 0) is 31.0 Å². The van der Waals surface area contributed by atoms with Crippen LogP contribution < -0.4 is 15.8 Å². The first kappa shape index (κ1) is 16.2. The Balaban J connectivity index is 2.36. The van der Waals surface area contributed by atoms with Gasteiger partial charge in [-0.1, -0.05) is 26.0 Å². The highest BCUT2D eigenvalue weighted by Crippen LogP contribution is 2.30. The number of nitrogens with two attached hydrogens (primary N) is 1. The molecule has 5 nitrogen and oxygen atoms in total. The molecule has 0 spiro atoms. The minimum atomic E-state index is 0.303. The van der Waals surface area contributed by atoms with Gasteiger partial charge in [0.15, 0.2) is 5.82 Å². The second-order valence-corrected chi connectivity index (χ2v) is 5.42. The van der Waals surface area contributed by atoms with Gasteiger partial charge in [-0.25, -0.2) is 9.97 Å². The molecule has 1 aromatic heterocycles. The quantitative estimate of drug-likeness (QED) is 0.769. The number of para-hydroxylation sites is 1. The summed E-state index contributed by atoms with van der Waals surface area (Å²) in [6, 6.07) is 7.79. The lowest BCUT2D eigenvalue weighted by Gasteiger charge is -2.15. The Hall–Kier alpha value is -2.14. The van der Waals surface area contributed by atoms with Crippen molar-refractivity contribution in [3.8, 4) is 17.1 Å². The first-order chi connectivity index (χ1) is 10.7. The molecular weight excluding hydrogens is 276 g/mol. The van der Waals surface area contributed by atoms with E-state index < -0.39 is 0 Å². The highest BCUT2D eigenvalue weighted by atomic mass is 16.5. The fourth-order valence-electron chi connectivity index (χ4n) is 2.26. The number of methoxy groups -OCH3 is 1. The number of hydrogen-bond acceptors (Lipinski definition) is 5. The number of rotatable bonds is 7. The molecule has 2 aromatic rings. The summed E-state index contributed by atoms with van der Waals surface area (Å²) in [6.07, 6.45) is 2.77. The molecule has 5 heteroatoms. The van der Waals surface area contributed by atoms with Crippen LogP contribution in [0.4, 0.5) is 5.69 Å². The number of nitrogens with one attached hydrogen (secondary N) is 1. The van der Waals surface area contributed by atoms with Crippen LogP contribution in [-0.4, -0.2) is 30.2 Å². The molecule has 0 bridgehead atoms. The maximum absolute atomic E-state index is 5.54. The van der Waals surface area contributed by atoms with Gasteiger partial charge in [-0.3, -0.25) is 0 Å². The summed E-state index contributed by atoms with van der Waals surface area (Å²) in [5, 5.41) is 3.37. The number of nitrogens with zero attached hydrogens (tertiary/aromatic N) is 2. The zero-order chi connectivity index (χ0) is 15.9. The van der Waals surface area contributed by atoms with Gasteiger partial charge in [0.2, 0.25) is 0 Å². The zero-order valence-corrected chi connectivity index (χ0v) is 13.5. The Bertz CT molecular complexity index is 613. The molecule has 0 aliphatic carbocycles. The number of hydrogen-bond donors (Lipinski definition) is 2. The highest BCUT2D eigenvalue weighted by molar-refractivity contribution is 5.65. The summed E-state index contributed by atoms with van der Waals surface area (Å²) < 4.78 is 5.40. The maximum atomic E-state index is 5.54. The molecule has 2 rings (SSSR count). The van der Waals surface area contributed by atoms with Crippen molar-refractivity contribution in [1.82, 2.24) is 9.97 Å². The summed E-state index contributed by atoms with van der Waals surface area (Å²) >= 11 is 0. The SMILES string of the molecule is COc1ccccc1-c1ncc(NCCCN)c(C(C)C)n1. The Morgan fingerprint density at radius 2 is 2.05 bits per heavy atom. The molecular formula is C17H24N4O. The molecule has 0 atom stereocenters. The van der Waals surface area contributed by atoms with Gasteiger partial charge in [-0.15, -0.1) is 0 Å². The van der Waals surface area contributed by atoms with Gasteiger partial charge >= 0.3 is 0 Å². The summed E-state index contributed by atoms with van der Waals surface area (Å²) in [7, 11) is 1.66. The van der Waals surface area contributed by atoms with Crippen molar-refractivity contribution >= 4 is 5.69 Å². The fourth-order valence-corrected chi connectivity index (χ4v) is 2.26. The average Bonchev–Trinajstić information content (AvgIpc) is 2.55. The van der Waals surface area contributed by atoms with Crippen LogP contribution in [0, 0.1) is 0 Å². The number of ether oxygens (including phenoxy) is 1. The van der Waals surface area contributed by atoms with Gasteiger partial charge < -0.3 is 15.8 Å². The molecule has 22 heavy (non-hydrogen) atoms. The van der Waals surface area contributed by atoms with E-state index in [1.54, 1.807) is 7.11 Å². The molecule has 0 unspecified atom stereocenters. The van der Waals surface area contributed by atoms with Gasteiger partial charge in [0, 0.05) is 6.54 Å². The summed E-state index contributed by atoms with van der Waals surface area (Å²) in [4.78, 5) is 9.24. The summed E-state index contributed by atoms with van der Waals surface area (Å²) in [5.74, 6) is 1.77. The third-order valence-corrected chi connectivity index (χ3v) is 3.41. The molecule has 0 radical (unpaired) electrons. The van der Waals surface area contributed by atoms with E-state index in [9.17, 15) is 0 Å². The van der Waals surface area contributed by atoms with Gasteiger partial charge in [0.05, 0.1) is 30.3 Å². The molecule has 3 N–H and O–H groups in total. The van der Waals surface area contributed by atoms with E-state index in [-0.39, 0.29) is 0 Å². The molecule has 1 aromatic carbocycles. The minimum absolute atomic E-state index is 0.303. The van der Waals surface area contributed by atoms with E-state index in [2.05, 4.69) is 24.1 Å². The van der Waals surface area contributed by atoms with Crippen LogP contribution in [0.2, 0.25) is 0 Å². The normalized spacial score (nSPS) is 10.8. The van der Waals surface area contributed by atoms with Crippen molar-refractivity contribution in [3.63, 3.8) is 0 Å². The molecule has 0 saturated carbocycles. The van der Waals surface area contributed by atoms with Crippen molar-refractivity contribution in [2.75, 3.05) is 25.5 Å². The number of benzene rings is 1. The summed E-state index contributed by atoms with van der Waals surface area (Å²) in [6.45, 7) is 5.75. The fraction of sp³-hybridized carbons (Fsp3) is 0.412. The van der Waals surface area contributed by atoms with Crippen LogP contribution in [-0.2, 0) is 0 Å². The monoisotopic (exact) mass is 300 g/mol. The third kappa shape index (κ3) is 3.74. The van der Waals surface area contributed by atoms with Crippen molar-refractivity contribution in [2.24, 2.45) is 5.73 Å². The van der Waals surface area contributed by atoms with Crippen molar-refractivity contribution in [2.45, 2.75) is 26.2 Å². The molecule has 118 valence electrons. The Labute approximate surface area is 131 Å². The van der Waals surface area contributed by atoms with Crippen molar-refractivity contribution in [1.29, 1.82) is 0 Å². The predicted molar refractivity (Wildman–Crippen MR) is 90.3 cm³/mol. The molecule has 0 fully saturated rings. The second kappa shape index (κ2) is 7.75. The zero-order valence-electron chi connectivity index (χ0n) is 13.5. The van der Waals surface area contributed by atoms with E-state index in [0.29, 0.717) is 18.3 Å². The van der Waals surface area contributed by atoms with Crippen LogP contribution in [0.15, 0.2) is 30.5 Å². The van der Waals surface area contributed by atoms with Gasteiger partial charge in [-0.2, -0.15) is 0 Å². The van der Waals surface area contributed by atoms with Crippen LogP contribution in [0.1, 0.15) is 31.9 Å². The standard InChI is InChI=1S/C17H24N4O/c1-12(2)16-14(19-10-6-9-18)11-20-17(21-16)13-7-4-5-8-15(13)22-3/h4-5,7-8,11-12,19H,6,9-10,18H2,1-3H3. The van der Waals surface area contributed by atoms with Crippen molar-refractivity contribution < 1.29 is 4.74 Å². The third-order valence-electron chi connectivity index (χ3n) is 3.41. The first-order valence-electron chi connectivity index (χ1n) is 7.61. The molecule has 0 saturated heterocycles. The van der Waals surface area contributed by atoms with Gasteiger partial charge in [0.25, 0.3) is 0 Å². The topological polar surface area (TPSA) is 73.1 Å².